The minimum absolute atomic E-state index is 0.0681. The molecule has 0 saturated heterocycles. The van der Waals surface area contributed by atoms with Gasteiger partial charge in [-0.25, -0.2) is 13.2 Å². The summed E-state index contributed by atoms with van der Waals surface area (Å²) >= 11 is 0. The normalized spacial score (nSPS) is 10.3. The van der Waals surface area contributed by atoms with Gasteiger partial charge in [0, 0.05) is 36.2 Å². The molecular weight excluding hydrogens is 283 g/mol. The number of nitrogens with one attached hydrogen (secondary N) is 2. The second-order valence-corrected chi connectivity index (χ2v) is 4.17. The Morgan fingerprint density at radius 1 is 1.14 bits per heavy atom. The van der Waals surface area contributed by atoms with Crippen LogP contribution >= 0.6 is 0 Å². The Hall–Kier alpha value is -2.57. The smallest absolute Gasteiger partial charge is 0.274 e. The molecule has 21 heavy (non-hydrogen) atoms. The van der Waals surface area contributed by atoms with Crippen molar-refractivity contribution < 1.29 is 18.0 Å². The summed E-state index contributed by atoms with van der Waals surface area (Å²) in [5.41, 5.74) is 0.569. The van der Waals surface area contributed by atoms with Crippen LogP contribution in [0.4, 0.5) is 24.5 Å². The van der Waals surface area contributed by atoms with Gasteiger partial charge in [0.2, 0.25) is 0 Å². The third-order valence-electron chi connectivity index (χ3n) is 2.62. The number of benzene rings is 1. The van der Waals surface area contributed by atoms with Crippen molar-refractivity contribution in [1.82, 2.24) is 4.98 Å². The van der Waals surface area contributed by atoms with Gasteiger partial charge < -0.3 is 10.6 Å². The van der Waals surface area contributed by atoms with Crippen LogP contribution in [-0.4, -0.2) is 17.4 Å². The Morgan fingerprint density at radius 3 is 2.43 bits per heavy atom. The molecule has 0 aliphatic rings. The summed E-state index contributed by atoms with van der Waals surface area (Å²) in [6, 6.07) is 4.57. The van der Waals surface area contributed by atoms with Gasteiger partial charge in [-0.1, -0.05) is 0 Å². The number of rotatable bonds is 4. The van der Waals surface area contributed by atoms with E-state index in [1.165, 1.54) is 12.3 Å². The fraction of sp³-hybridized carbons (Fsp3) is 0.143. The summed E-state index contributed by atoms with van der Waals surface area (Å²) in [6.07, 6.45) is 1.43. The van der Waals surface area contributed by atoms with Crippen molar-refractivity contribution in [3.05, 3.63) is 53.6 Å². The molecule has 0 aliphatic carbocycles. The van der Waals surface area contributed by atoms with E-state index < -0.39 is 23.4 Å². The number of carbonyl (C=O) groups is 1. The van der Waals surface area contributed by atoms with Crippen molar-refractivity contribution in [1.29, 1.82) is 0 Å². The molecule has 7 heteroatoms. The van der Waals surface area contributed by atoms with Crippen molar-refractivity contribution in [2.45, 2.75) is 6.92 Å². The summed E-state index contributed by atoms with van der Waals surface area (Å²) < 4.78 is 39.0. The minimum Gasteiger partial charge on any atom is -0.385 e. The highest BCUT2D eigenvalue weighted by Crippen LogP contribution is 2.18. The molecule has 0 spiro atoms. The summed E-state index contributed by atoms with van der Waals surface area (Å²) in [5.74, 6) is -4.99. The molecule has 110 valence electrons. The zero-order valence-electron chi connectivity index (χ0n) is 11.1. The van der Waals surface area contributed by atoms with E-state index in [1.54, 1.807) is 6.07 Å². The van der Waals surface area contributed by atoms with Crippen LogP contribution in [0.25, 0.3) is 0 Å². The first-order valence-corrected chi connectivity index (χ1v) is 6.17. The number of hydrogen-bond acceptors (Lipinski definition) is 3. The standard InChI is InChI=1S/C14H12F3N3O/c1-2-18-8-3-4-19-12(7-8)14(21)20-9-5-10(15)13(17)11(16)6-9/h3-7H,2H2,1H3,(H,18,19)(H,20,21). The lowest BCUT2D eigenvalue weighted by Crippen LogP contribution is -2.14. The van der Waals surface area contributed by atoms with Gasteiger partial charge >= 0.3 is 0 Å². The molecule has 0 bridgehead atoms. The number of halogens is 3. The monoisotopic (exact) mass is 295 g/mol. The van der Waals surface area contributed by atoms with E-state index in [0.29, 0.717) is 24.4 Å². The topological polar surface area (TPSA) is 54.0 Å². The zero-order chi connectivity index (χ0) is 15.4. The molecule has 2 N–H and O–H groups in total. The van der Waals surface area contributed by atoms with Crippen LogP contribution in [0.2, 0.25) is 0 Å². The number of aromatic nitrogens is 1. The zero-order valence-corrected chi connectivity index (χ0v) is 11.1. The first-order valence-electron chi connectivity index (χ1n) is 6.17. The average molecular weight is 295 g/mol. The van der Waals surface area contributed by atoms with Crippen LogP contribution in [0.15, 0.2) is 30.5 Å². The molecule has 1 aromatic heterocycles. The van der Waals surface area contributed by atoms with Crippen LogP contribution in [0, 0.1) is 17.5 Å². The number of amides is 1. The third kappa shape index (κ3) is 3.50. The first kappa shape index (κ1) is 14.8. The Balaban J connectivity index is 2.20. The van der Waals surface area contributed by atoms with Crippen LogP contribution in [0.3, 0.4) is 0 Å². The molecule has 0 aliphatic heterocycles. The third-order valence-corrected chi connectivity index (χ3v) is 2.62. The van der Waals surface area contributed by atoms with E-state index >= 15 is 0 Å². The SMILES string of the molecule is CCNc1ccnc(C(=O)Nc2cc(F)c(F)c(F)c2)c1. The van der Waals surface area contributed by atoms with Gasteiger partial charge in [-0.2, -0.15) is 0 Å². The van der Waals surface area contributed by atoms with E-state index in [9.17, 15) is 18.0 Å². The maximum absolute atomic E-state index is 13.1. The maximum atomic E-state index is 13.1. The molecule has 0 atom stereocenters. The maximum Gasteiger partial charge on any atom is 0.274 e. The largest absolute Gasteiger partial charge is 0.385 e. The minimum atomic E-state index is -1.58. The Labute approximate surface area is 119 Å². The average Bonchev–Trinajstić information content (AvgIpc) is 2.45. The van der Waals surface area contributed by atoms with Gasteiger partial charge in [0.15, 0.2) is 17.5 Å². The molecule has 1 aromatic carbocycles. The summed E-state index contributed by atoms with van der Waals surface area (Å²) in [5, 5.41) is 5.26. The molecule has 0 fully saturated rings. The summed E-state index contributed by atoms with van der Waals surface area (Å²) in [6.45, 7) is 2.56. The highest BCUT2D eigenvalue weighted by Gasteiger charge is 2.14. The number of pyridine rings is 1. The lowest BCUT2D eigenvalue weighted by molar-refractivity contribution is 0.102. The van der Waals surface area contributed by atoms with Crippen molar-refractivity contribution >= 4 is 17.3 Å². The Kier molecular flexibility index (Phi) is 4.42. The van der Waals surface area contributed by atoms with Gasteiger partial charge in [0.1, 0.15) is 5.69 Å². The Morgan fingerprint density at radius 2 is 1.81 bits per heavy atom. The van der Waals surface area contributed by atoms with Gasteiger partial charge in [-0.3, -0.25) is 9.78 Å². The fourth-order valence-electron chi connectivity index (χ4n) is 1.69. The van der Waals surface area contributed by atoms with Gasteiger partial charge in [-0.05, 0) is 19.1 Å². The van der Waals surface area contributed by atoms with Crippen LogP contribution in [0.5, 0.6) is 0 Å². The van der Waals surface area contributed by atoms with Crippen LogP contribution in [0.1, 0.15) is 17.4 Å². The lowest BCUT2D eigenvalue weighted by Gasteiger charge is -2.07. The number of hydrogen-bond donors (Lipinski definition) is 2. The second kappa shape index (κ2) is 6.25. The van der Waals surface area contributed by atoms with E-state index in [-0.39, 0.29) is 11.4 Å². The lowest BCUT2D eigenvalue weighted by atomic mass is 10.2. The number of anilines is 2. The predicted molar refractivity (Wildman–Crippen MR) is 72.7 cm³/mol. The molecule has 4 nitrogen and oxygen atoms in total. The van der Waals surface area contributed by atoms with Crippen LogP contribution in [-0.2, 0) is 0 Å². The first-order chi connectivity index (χ1) is 10.0. The van der Waals surface area contributed by atoms with E-state index in [1.807, 2.05) is 6.92 Å². The molecule has 0 radical (unpaired) electrons. The highest BCUT2D eigenvalue weighted by molar-refractivity contribution is 6.03. The molecule has 1 amide bonds. The molecule has 0 saturated carbocycles. The van der Waals surface area contributed by atoms with Crippen molar-refractivity contribution in [3.8, 4) is 0 Å². The van der Waals surface area contributed by atoms with Gasteiger partial charge in [0.25, 0.3) is 5.91 Å². The van der Waals surface area contributed by atoms with Crippen LogP contribution < -0.4 is 10.6 Å². The summed E-state index contributed by atoms with van der Waals surface area (Å²) in [4.78, 5) is 15.8. The quantitative estimate of drug-likeness (QED) is 0.852. The number of nitrogens with zero attached hydrogens (tertiary/aromatic N) is 1. The highest BCUT2D eigenvalue weighted by atomic mass is 19.2. The number of carbonyl (C=O) groups excluding carboxylic acids is 1. The molecule has 2 rings (SSSR count). The van der Waals surface area contributed by atoms with Crippen molar-refractivity contribution in [2.75, 3.05) is 17.2 Å². The molecule has 2 aromatic rings. The predicted octanol–water partition coefficient (Wildman–Crippen LogP) is 3.18. The van der Waals surface area contributed by atoms with Crippen molar-refractivity contribution in [3.63, 3.8) is 0 Å². The van der Waals surface area contributed by atoms with E-state index in [2.05, 4.69) is 15.6 Å². The van der Waals surface area contributed by atoms with E-state index in [4.69, 9.17) is 0 Å². The van der Waals surface area contributed by atoms with Gasteiger partial charge in [-0.15, -0.1) is 0 Å². The van der Waals surface area contributed by atoms with Crippen molar-refractivity contribution in [2.24, 2.45) is 0 Å². The molecular formula is C14H12F3N3O. The molecule has 1 heterocycles. The second-order valence-electron chi connectivity index (χ2n) is 4.17. The summed E-state index contributed by atoms with van der Waals surface area (Å²) in [7, 11) is 0. The fourth-order valence-corrected chi connectivity index (χ4v) is 1.69. The Bertz CT molecular complexity index is 653. The molecule has 0 unspecified atom stereocenters. The van der Waals surface area contributed by atoms with Gasteiger partial charge in [0.05, 0.1) is 0 Å². The van der Waals surface area contributed by atoms with E-state index in [0.717, 1.165) is 0 Å².